The number of hydrogen-bond donors (Lipinski definition) is 0. The number of carbonyl (C=O) groups excluding carboxylic acids is 1. The van der Waals surface area contributed by atoms with Crippen molar-refractivity contribution >= 4 is 11.9 Å². The maximum atomic E-state index is 13.5. The molecule has 0 atom stereocenters. The molecule has 1 heterocycles. The van der Waals surface area contributed by atoms with Crippen LogP contribution in [0.3, 0.4) is 0 Å². The minimum atomic E-state index is -0.605. The van der Waals surface area contributed by atoms with E-state index in [4.69, 9.17) is 0 Å². The molecule has 5 heteroatoms. The highest BCUT2D eigenvalue weighted by atomic mass is 19.1. The molecular weight excluding hydrogens is 322 g/mol. The predicted octanol–water partition coefficient (Wildman–Crippen LogP) is 3.50. The Labute approximate surface area is 148 Å². The molecule has 136 valence electrons. The van der Waals surface area contributed by atoms with Gasteiger partial charge in [0.1, 0.15) is 11.6 Å². The van der Waals surface area contributed by atoms with E-state index in [1.165, 1.54) is 50.0 Å². The van der Waals surface area contributed by atoms with Gasteiger partial charge in [-0.2, -0.15) is 0 Å². The van der Waals surface area contributed by atoms with Crippen molar-refractivity contribution in [2.24, 2.45) is 0 Å². The molecule has 0 N–H and O–H groups in total. The van der Waals surface area contributed by atoms with Crippen LogP contribution in [0.2, 0.25) is 0 Å². The summed E-state index contributed by atoms with van der Waals surface area (Å²) >= 11 is 0. The molecule has 2 fully saturated rings. The minimum Gasteiger partial charge on any atom is -0.298 e. The van der Waals surface area contributed by atoms with Crippen LogP contribution >= 0.6 is 0 Å². The third kappa shape index (κ3) is 4.95. The lowest BCUT2D eigenvalue weighted by atomic mass is 10.1. The highest BCUT2D eigenvalue weighted by Gasteiger charge is 2.26. The number of allylic oxidation sites excluding steroid dienone is 1. The van der Waals surface area contributed by atoms with Crippen LogP contribution in [0.25, 0.3) is 6.08 Å². The van der Waals surface area contributed by atoms with Crippen LogP contribution < -0.4 is 0 Å². The van der Waals surface area contributed by atoms with E-state index in [2.05, 4.69) is 9.80 Å². The van der Waals surface area contributed by atoms with Gasteiger partial charge in [0.05, 0.1) is 6.54 Å². The summed E-state index contributed by atoms with van der Waals surface area (Å²) in [7, 11) is 0. The molecule has 1 saturated carbocycles. The van der Waals surface area contributed by atoms with Crippen molar-refractivity contribution in [2.45, 2.75) is 38.1 Å². The van der Waals surface area contributed by atoms with Gasteiger partial charge in [-0.3, -0.25) is 14.6 Å². The number of rotatable bonds is 6. The molecule has 0 radical (unpaired) electrons. The third-order valence-corrected chi connectivity index (χ3v) is 5.28. The minimum absolute atomic E-state index is 0.0829. The number of carbonyl (C=O) groups is 1. The van der Waals surface area contributed by atoms with Crippen molar-refractivity contribution in [3.8, 4) is 0 Å². The molecule has 0 aromatic heterocycles. The summed E-state index contributed by atoms with van der Waals surface area (Å²) in [5.41, 5.74) is -0.0829. The van der Waals surface area contributed by atoms with Gasteiger partial charge in [-0.15, -0.1) is 0 Å². The van der Waals surface area contributed by atoms with Gasteiger partial charge in [0.25, 0.3) is 0 Å². The van der Waals surface area contributed by atoms with Crippen molar-refractivity contribution in [1.82, 2.24) is 9.80 Å². The first kappa shape index (κ1) is 18.2. The van der Waals surface area contributed by atoms with Gasteiger partial charge in [-0.1, -0.05) is 31.1 Å². The lowest BCUT2D eigenvalue weighted by molar-refractivity contribution is -0.119. The molecule has 0 amide bonds. The van der Waals surface area contributed by atoms with Crippen LogP contribution in [0.4, 0.5) is 8.78 Å². The largest absolute Gasteiger partial charge is 0.298 e. The van der Waals surface area contributed by atoms with E-state index >= 15 is 0 Å². The van der Waals surface area contributed by atoms with Crippen LogP contribution in [0.1, 0.15) is 37.7 Å². The summed E-state index contributed by atoms with van der Waals surface area (Å²) in [6, 6.07) is 4.51. The molecule has 1 aliphatic heterocycles. The standard InChI is InChI=1S/C20H26F2N2O/c21-19-9-4-10-20(22)18(19)8-3-7-17(25)15-23-11-13-24(14-12-23)16-5-1-2-6-16/h3-4,8-10,16H,1-2,5-7,11-15H2. The second-order valence-corrected chi connectivity index (χ2v) is 7.03. The summed E-state index contributed by atoms with van der Waals surface area (Å²) in [6.45, 7) is 4.34. The van der Waals surface area contributed by atoms with E-state index in [0.717, 1.165) is 32.2 Å². The second-order valence-electron chi connectivity index (χ2n) is 7.03. The Morgan fingerprint density at radius 1 is 1.08 bits per heavy atom. The molecule has 0 bridgehead atoms. The van der Waals surface area contributed by atoms with E-state index < -0.39 is 11.6 Å². The topological polar surface area (TPSA) is 23.6 Å². The average Bonchev–Trinajstić information content (AvgIpc) is 3.13. The zero-order valence-electron chi connectivity index (χ0n) is 14.6. The highest BCUT2D eigenvalue weighted by molar-refractivity contribution is 5.82. The number of Topliss-reactive ketones (excluding diaryl/α,β-unsaturated/α-hetero) is 1. The maximum Gasteiger partial charge on any atom is 0.150 e. The van der Waals surface area contributed by atoms with Gasteiger partial charge in [-0.25, -0.2) is 8.78 Å². The van der Waals surface area contributed by atoms with Crippen LogP contribution in [0.15, 0.2) is 24.3 Å². The molecule has 0 spiro atoms. The SMILES string of the molecule is O=C(CC=Cc1c(F)cccc1F)CN1CCN(C2CCCC2)CC1. The Morgan fingerprint density at radius 2 is 1.72 bits per heavy atom. The first-order valence-electron chi connectivity index (χ1n) is 9.22. The summed E-state index contributed by atoms with van der Waals surface area (Å²) in [6.07, 6.45) is 8.44. The fourth-order valence-corrected chi connectivity index (χ4v) is 3.85. The number of benzene rings is 1. The van der Waals surface area contributed by atoms with Crippen LogP contribution in [0.5, 0.6) is 0 Å². The molecule has 0 unspecified atom stereocenters. The maximum absolute atomic E-state index is 13.5. The quantitative estimate of drug-likeness (QED) is 0.786. The van der Waals surface area contributed by atoms with Crippen LogP contribution in [-0.2, 0) is 4.79 Å². The molecule has 1 saturated heterocycles. The molecule has 25 heavy (non-hydrogen) atoms. The fraction of sp³-hybridized carbons (Fsp3) is 0.550. The first-order valence-corrected chi connectivity index (χ1v) is 9.22. The van der Waals surface area contributed by atoms with E-state index in [1.54, 1.807) is 6.08 Å². The van der Waals surface area contributed by atoms with E-state index in [0.29, 0.717) is 6.54 Å². The molecule has 1 aromatic rings. The number of hydrogen-bond acceptors (Lipinski definition) is 3. The number of piperazine rings is 1. The smallest absolute Gasteiger partial charge is 0.150 e. The normalized spacial score (nSPS) is 20.6. The predicted molar refractivity (Wildman–Crippen MR) is 95.3 cm³/mol. The van der Waals surface area contributed by atoms with E-state index in [9.17, 15) is 13.6 Å². The van der Waals surface area contributed by atoms with Crippen molar-refractivity contribution < 1.29 is 13.6 Å². The molecule has 1 aliphatic carbocycles. The average molecular weight is 348 g/mol. The van der Waals surface area contributed by atoms with Crippen LogP contribution in [-0.4, -0.2) is 54.3 Å². The molecule has 1 aromatic carbocycles. The Morgan fingerprint density at radius 3 is 2.36 bits per heavy atom. The lowest BCUT2D eigenvalue weighted by Gasteiger charge is -2.37. The Balaban J connectivity index is 1.42. The number of ketones is 1. The molecule has 3 rings (SSSR count). The summed E-state index contributed by atoms with van der Waals surface area (Å²) in [5.74, 6) is -1.12. The zero-order valence-corrected chi connectivity index (χ0v) is 14.6. The van der Waals surface area contributed by atoms with Gasteiger partial charge >= 0.3 is 0 Å². The third-order valence-electron chi connectivity index (χ3n) is 5.28. The van der Waals surface area contributed by atoms with Gasteiger partial charge in [0.2, 0.25) is 0 Å². The Bertz CT molecular complexity index is 598. The Hall–Kier alpha value is -1.59. The number of nitrogens with zero attached hydrogens (tertiary/aromatic N) is 2. The van der Waals surface area contributed by atoms with Crippen molar-refractivity contribution in [1.29, 1.82) is 0 Å². The van der Waals surface area contributed by atoms with E-state index in [1.807, 2.05) is 0 Å². The zero-order chi connectivity index (χ0) is 17.6. The fourth-order valence-electron chi connectivity index (χ4n) is 3.85. The van der Waals surface area contributed by atoms with Gasteiger partial charge in [-0.05, 0) is 25.0 Å². The van der Waals surface area contributed by atoms with Crippen molar-refractivity contribution in [3.05, 3.63) is 41.5 Å². The molecule has 3 nitrogen and oxygen atoms in total. The summed E-state index contributed by atoms with van der Waals surface area (Å²) in [4.78, 5) is 16.9. The number of halogens is 2. The highest BCUT2D eigenvalue weighted by Crippen LogP contribution is 2.24. The van der Waals surface area contributed by atoms with Gasteiger partial charge in [0, 0.05) is 44.2 Å². The summed E-state index contributed by atoms with van der Waals surface area (Å²) in [5, 5.41) is 0. The molecule has 2 aliphatic rings. The van der Waals surface area contributed by atoms with E-state index in [-0.39, 0.29) is 17.8 Å². The lowest BCUT2D eigenvalue weighted by Crippen LogP contribution is -2.50. The molecular formula is C20H26F2N2O. The van der Waals surface area contributed by atoms with Crippen molar-refractivity contribution in [3.63, 3.8) is 0 Å². The first-order chi connectivity index (χ1) is 12.1. The summed E-state index contributed by atoms with van der Waals surface area (Å²) < 4.78 is 27.0. The monoisotopic (exact) mass is 348 g/mol. The van der Waals surface area contributed by atoms with Crippen LogP contribution in [0, 0.1) is 11.6 Å². The van der Waals surface area contributed by atoms with Gasteiger partial charge in [0.15, 0.2) is 5.78 Å². The Kier molecular flexibility index (Phi) is 6.32. The van der Waals surface area contributed by atoms with Crippen molar-refractivity contribution in [2.75, 3.05) is 32.7 Å². The second kappa shape index (κ2) is 8.68. The van der Waals surface area contributed by atoms with Gasteiger partial charge < -0.3 is 0 Å².